The Balaban J connectivity index is 1.63. The van der Waals surface area contributed by atoms with E-state index >= 15 is 0 Å². The minimum Gasteiger partial charge on any atom is -0.461 e. The molecule has 0 aliphatic carbocycles. The molecule has 4 rings (SSSR count). The first-order valence-corrected chi connectivity index (χ1v) is 10.3. The Morgan fingerprint density at radius 2 is 1.94 bits per heavy atom. The highest BCUT2D eigenvalue weighted by Crippen LogP contribution is 2.27. The Morgan fingerprint density at radius 3 is 2.69 bits per heavy atom. The summed E-state index contributed by atoms with van der Waals surface area (Å²) < 4.78 is 13.2. The highest BCUT2D eigenvalue weighted by Gasteiger charge is 2.25. The number of rotatable bonds is 8. The normalized spacial score (nSPS) is 12.1. The first-order chi connectivity index (χ1) is 15.5. The number of hydrogen-bond donors (Lipinski definition) is 1. The second kappa shape index (κ2) is 9.71. The van der Waals surface area contributed by atoms with Crippen LogP contribution in [0.15, 0.2) is 61.2 Å². The van der Waals surface area contributed by atoms with E-state index in [4.69, 9.17) is 21.1 Å². The number of ether oxygens (including phenoxy) is 2. The second-order valence-corrected chi connectivity index (χ2v) is 7.52. The molecule has 0 aliphatic rings. The number of amides is 1. The lowest BCUT2D eigenvalue weighted by molar-refractivity contribution is -0.126. The molecule has 1 amide bonds. The zero-order chi connectivity index (χ0) is 22.5. The zero-order valence-corrected chi connectivity index (χ0v) is 18.2. The molecule has 1 aromatic carbocycles. The van der Waals surface area contributed by atoms with E-state index in [0.717, 1.165) is 0 Å². The average Bonchev–Trinajstić information content (AvgIpc) is 3.22. The minimum atomic E-state index is -0.971. The van der Waals surface area contributed by atoms with Gasteiger partial charge in [-0.05, 0) is 38.1 Å². The quantitative estimate of drug-likeness (QED) is 0.435. The third-order valence-corrected chi connectivity index (χ3v) is 4.77. The molecule has 0 saturated heterocycles. The van der Waals surface area contributed by atoms with Crippen LogP contribution in [0.5, 0.6) is 5.88 Å². The molecule has 0 fully saturated rings. The highest BCUT2D eigenvalue weighted by atomic mass is 35.5. The summed E-state index contributed by atoms with van der Waals surface area (Å²) in [6.07, 6.45) is 3.46. The van der Waals surface area contributed by atoms with Crippen molar-refractivity contribution in [1.29, 1.82) is 0 Å². The van der Waals surface area contributed by atoms with Gasteiger partial charge in [-0.15, -0.1) is 0 Å². The SMILES string of the molecule is CC(C)OC[C@H](Oc1ncnc2c1cnn2-c1ccccc1Cl)C(=O)Nc1ccccn1. The standard InChI is InChI=1S/C22H21ClN6O3/c1-14(2)31-12-18(21(30)28-19-9-5-6-10-24-19)32-22-15-11-27-29(20(15)25-13-26-22)17-8-4-3-7-16(17)23/h3-11,13-14,18H,12H2,1-2H3,(H,24,28,30)/t18-/m0/s1. The summed E-state index contributed by atoms with van der Waals surface area (Å²) in [6.45, 7) is 3.79. The first-order valence-electron chi connectivity index (χ1n) is 9.96. The van der Waals surface area contributed by atoms with E-state index in [1.807, 2.05) is 32.0 Å². The summed E-state index contributed by atoms with van der Waals surface area (Å²) in [5.41, 5.74) is 1.16. The molecule has 0 saturated carbocycles. The summed E-state index contributed by atoms with van der Waals surface area (Å²) in [5, 5.41) is 8.18. The van der Waals surface area contributed by atoms with Crippen molar-refractivity contribution in [3.05, 3.63) is 66.2 Å². The van der Waals surface area contributed by atoms with Gasteiger partial charge in [-0.1, -0.05) is 29.8 Å². The Labute approximate surface area is 189 Å². The van der Waals surface area contributed by atoms with Crippen LogP contribution in [0.1, 0.15) is 13.8 Å². The molecule has 1 N–H and O–H groups in total. The van der Waals surface area contributed by atoms with Gasteiger partial charge in [0.25, 0.3) is 5.91 Å². The van der Waals surface area contributed by atoms with Crippen LogP contribution in [0.25, 0.3) is 16.7 Å². The van der Waals surface area contributed by atoms with Crippen LogP contribution in [-0.4, -0.2) is 49.5 Å². The van der Waals surface area contributed by atoms with Crippen LogP contribution in [-0.2, 0) is 9.53 Å². The molecule has 10 heteroatoms. The molecule has 0 aliphatic heterocycles. The predicted octanol–water partition coefficient (Wildman–Crippen LogP) is 3.68. The van der Waals surface area contributed by atoms with Crippen LogP contribution in [0.4, 0.5) is 5.82 Å². The summed E-state index contributed by atoms with van der Waals surface area (Å²) >= 11 is 6.32. The third kappa shape index (κ3) is 4.84. The zero-order valence-electron chi connectivity index (χ0n) is 17.5. The lowest BCUT2D eigenvalue weighted by Crippen LogP contribution is -2.38. The van der Waals surface area contributed by atoms with Crippen LogP contribution in [0, 0.1) is 0 Å². The maximum Gasteiger partial charge on any atom is 0.269 e. The van der Waals surface area contributed by atoms with Gasteiger partial charge in [0.1, 0.15) is 17.5 Å². The number of benzene rings is 1. The van der Waals surface area contributed by atoms with Gasteiger partial charge in [-0.25, -0.2) is 19.6 Å². The summed E-state index contributed by atoms with van der Waals surface area (Å²) in [6, 6.07) is 12.5. The van der Waals surface area contributed by atoms with Crippen molar-refractivity contribution in [2.45, 2.75) is 26.1 Å². The molecule has 164 valence electrons. The molecule has 1 atom stereocenters. The van der Waals surface area contributed by atoms with E-state index in [-0.39, 0.29) is 18.6 Å². The summed E-state index contributed by atoms with van der Waals surface area (Å²) in [7, 11) is 0. The fourth-order valence-electron chi connectivity index (χ4n) is 2.94. The van der Waals surface area contributed by atoms with E-state index in [0.29, 0.717) is 27.6 Å². The van der Waals surface area contributed by atoms with Crippen molar-refractivity contribution in [3.8, 4) is 11.6 Å². The molecular formula is C22H21ClN6O3. The van der Waals surface area contributed by atoms with Crippen molar-refractivity contribution >= 4 is 34.4 Å². The van der Waals surface area contributed by atoms with E-state index in [2.05, 4.69) is 25.4 Å². The molecule has 0 spiro atoms. The maximum absolute atomic E-state index is 12.9. The molecule has 3 aromatic heterocycles. The largest absolute Gasteiger partial charge is 0.461 e. The van der Waals surface area contributed by atoms with Gasteiger partial charge in [-0.2, -0.15) is 5.10 Å². The number of pyridine rings is 1. The van der Waals surface area contributed by atoms with Crippen molar-refractivity contribution in [1.82, 2.24) is 24.7 Å². The Bertz CT molecular complexity index is 1210. The highest BCUT2D eigenvalue weighted by molar-refractivity contribution is 6.32. The van der Waals surface area contributed by atoms with E-state index in [9.17, 15) is 4.79 Å². The van der Waals surface area contributed by atoms with Crippen LogP contribution in [0.3, 0.4) is 0 Å². The van der Waals surface area contributed by atoms with Gasteiger partial charge in [0.15, 0.2) is 5.65 Å². The molecule has 3 heterocycles. The van der Waals surface area contributed by atoms with Crippen LogP contribution >= 0.6 is 11.6 Å². The number of carbonyl (C=O) groups is 1. The molecular weight excluding hydrogens is 432 g/mol. The fraction of sp³-hybridized carbons (Fsp3) is 0.227. The number of aromatic nitrogens is 5. The monoisotopic (exact) mass is 452 g/mol. The predicted molar refractivity (Wildman–Crippen MR) is 120 cm³/mol. The van der Waals surface area contributed by atoms with Gasteiger partial charge >= 0.3 is 0 Å². The molecule has 32 heavy (non-hydrogen) atoms. The molecule has 9 nitrogen and oxygen atoms in total. The van der Waals surface area contributed by atoms with Gasteiger partial charge in [0.2, 0.25) is 12.0 Å². The second-order valence-electron chi connectivity index (χ2n) is 7.12. The fourth-order valence-corrected chi connectivity index (χ4v) is 3.15. The Morgan fingerprint density at radius 1 is 1.12 bits per heavy atom. The van der Waals surface area contributed by atoms with Gasteiger partial charge in [0, 0.05) is 6.20 Å². The number of anilines is 1. The lowest BCUT2D eigenvalue weighted by Gasteiger charge is -2.19. The van der Waals surface area contributed by atoms with Crippen molar-refractivity contribution < 1.29 is 14.3 Å². The topological polar surface area (TPSA) is 104 Å². The van der Waals surface area contributed by atoms with Gasteiger partial charge < -0.3 is 14.8 Å². The third-order valence-electron chi connectivity index (χ3n) is 4.45. The maximum atomic E-state index is 12.9. The number of carbonyl (C=O) groups excluding carboxylic acids is 1. The number of fused-ring (bicyclic) bond motifs is 1. The first kappa shape index (κ1) is 21.7. The number of nitrogens with one attached hydrogen (secondary N) is 1. The van der Waals surface area contributed by atoms with Crippen LogP contribution < -0.4 is 10.1 Å². The van der Waals surface area contributed by atoms with Crippen molar-refractivity contribution in [2.75, 3.05) is 11.9 Å². The Kier molecular flexibility index (Phi) is 6.58. The van der Waals surface area contributed by atoms with Crippen molar-refractivity contribution in [2.24, 2.45) is 0 Å². The Hall–Kier alpha value is -3.56. The van der Waals surface area contributed by atoms with Gasteiger partial charge in [0.05, 0.1) is 29.6 Å². The van der Waals surface area contributed by atoms with Gasteiger partial charge in [-0.3, -0.25) is 4.79 Å². The van der Waals surface area contributed by atoms with Crippen LogP contribution in [0.2, 0.25) is 5.02 Å². The molecule has 0 unspecified atom stereocenters. The van der Waals surface area contributed by atoms with E-state index < -0.39 is 12.0 Å². The van der Waals surface area contributed by atoms with E-state index in [1.54, 1.807) is 41.3 Å². The number of para-hydroxylation sites is 1. The smallest absolute Gasteiger partial charge is 0.269 e. The van der Waals surface area contributed by atoms with Crippen molar-refractivity contribution in [3.63, 3.8) is 0 Å². The lowest BCUT2D eigenvalue weighted by atomic mass is 10.3. The summed E-state index contributed by atoms with van der Waals surface area (Å²) in [4.78, 5) is 25.6. The number of halogens is 1. The minimum absolute atomic E-state index is 0.0283. The molecule has 4 aromatic rings. The summed E-state index contributed by atoms with van der Waals surface area (Å²) in [5.74, 6) is 0.214. The molecule has 0 bridgehead atoms. The van der Waals surface area contributed by atoms with E-state index in [1.165, 1.54) is 6.33 Å². The average molecular weight is 453 g/mol. The molecule has 0 radical (unpaired) electrons. The number of nitrogens with zero attached hydrogens (tertiary/aromatic N) is 5. The number of hydrogen-bond acceptors (Lipinski definition) is 7.